The lowest BCUT2D eigenvalue weighted by Crippen LogP contribution is -1.99. The molecule has 4 aromatic heterocycles. The number of nitrogens with zero attached hydrogens (tertiary/aromatic N) is 4. The maximum atomic E-state index is 5.70. The summed E-state index contributed by atoms with van der Waals surface area (Å²) in [6.45, 7) is 1.74. The van der Waals surface area contributed by atoms with Crippen molar-refractivity contribution in [1.29, 1.82) is 0 Å². The monoisotopic (exact) mass is 382 g/mol. The van der Waals surface area contributed by atoms with Gasteiger partial charge in [0.25, 0.3) is 0 Å². The van der Waals surface area contributed by atoms with E-state index < -0.39 is 0 Å². The Kier molecular flexibility index (Phi) is 3.45. The Labute approximate surface area is 166 Å². The maximum Gasteiger partial charge on any atom is 0.163 e. The van der Waals surface area contributed by atoms with Crippen molar-refractivity contribution in [2.75, 3.05) is 7.11 Å². The molecule has 1 aromatic carbocycles. The summed E-state index contributed by atoms with van der Waals surface area (Å²) >= 11 is 0. The van der Waals surface area contributed by atoms with Crippen molar-refractivity contribution in [3.63, 3.8) is 0 Å². The molecule has 2 N–H and O–H groups in total. The van der Waals surface area contributed by atoms with Crippen molar-refractivity contribution < 1.29 is 4.74 Å². The first-order valence-electron chi connectivity index (χ1n) is 9.49. The van der Waals surface area contributed by atoms with Gasteiger partial charge in [-0.1, -0.05) is 0 Å². The third-order valence-electron chi connectivity index (χ3n) is 5.55. The summed E-state index contributed by atoms with van der Waals surface area (Å²) < 4.78 is 7.51. The predicted molar refractivity (Wildman–Crippen MR) is 111 cm³/mol. The average Bonchev–Trinajstić information content (AvgIpc) is 3.50. The Bertz CT molecular complexity index is 1380. The molecule has 1 aliphatic heterocycles. The molecule has 0 amide bonds. The summed E-state index contributed by atoms with van der Waals surface area (Å²) in [7, 11) is 1.71. The van der Waals surface area contributed by atoms with Crippen molar-refractivity contribution in [1.82, 2.24) is 29.9 Å². The smallest absolute Gasteiger partial charge is 0.163 e. The fraction of sp³-hybridized carbons (Fsp3) is 0.136. The molecule has 142 valence electrons. The number of hydrogen-bond acceptors (Lipinski definition) is 5. The van der Waals surface area contributed by atoms with E-state index in [9.17, 15) is 0 Å². The van der Waals surface area contributed by atoms with Crippen LogP contribution in [0.15, 0.2) is 55.1 Å². The van der Waals surface area contributed by atoms with Gasteiger partial charge in [0.05, 0.1) is 24.6 Å². The highest BCUT2D eigenvalue weighted by Crippen LogP contribution is 2.37. The number of nitrogens with one attached hydrogen (secondary N) is 2. The molecule has 0 radical (unpaired) electrons. The lowest BCUT2D eigenvalue weighted by molar-refractivity contribution is 0.416. The van der Waals surface area contributed by atoms with Gasteiger partial charge in [-0.05, 0) is 41.5 Å². The quantitative estimate of drug-likeness (QED) is 0.499. The van der Waals surface area contributed by atoms with E-state index in [-0.39, 0.29) is 0 Å². The number of hydrogen-bond donors (Lipinski definition) is 2. The van der Waals surface area contributed by atoms with Gasteiger partial charge < -0.3 is 15.0 Å². The molecule has 1 aliphatic rings. The Balaban J connectivity index is 1.57. The number of aromatic nitrogens is 5. The highest BCUT2D eigenvalue weighted by molar-refractivity contribution is 5.92. The highest BCUT2D eigenvalue weighted by Gasteiger charge is 2.19. The molecule has 5 aromatic rings. The van der Waals surface area contributed by atoms with Crippen LogP contribution in [0.25, 0.3) is 39.1 Å². The minimum atomic E-state index is 0.798. The first kappa shape index (κ1) is 16.3. The van der Waals surface area contributed by atoms with E-state index in [4.69, 9.17) is 9.72 Å². The van der Waals surface area contributed by atoms with Crippen LogP contribution in [0.2, 0.25) is 0 Å². The standard InChI is InChI=1S/C22H18N6O/c1-29-20-9-14-11-23-10-13(14)8-17(20)18-12-26-28-7-4-19(27-22(18)28)15-2-5-24-21-16(15)3-6-25-21/h2-9,12,23H,10-11H2,1H3,(H,24,25). The molecule has 7 nitrogen and oxygen atoms in total. The van der Waals surface area contributed by atoms with E-state index in [0.29, 0.717) is 0 Å². The third-order valence-corrected chi connectivity index (χ3v) is 5.55. The topological polar surface area (TPSA) is 80.1 Å². The summed E-state index contributed by atoms with van der Waals surface area (Å²) in [5.41, 5.74) is 8.11. The summed E-state index contributed by atoms with van der Waals surface area (Å²) in [6, 6.07) is 10.3. The van der Waals surface area contributed by atoms with Gasteiger partial charge in [-0.2, -0.15) is 5.10 Å². The summed E-state index contributed by atoms with van der Waals surface area (Å²) in [5.74, 6) is 0.839. The lowest BCUT2D eigenvalue weighted by atomic mass is 10.0. The fourth-order valence-corrected chi connectivity index (χ4v) is 4.10. The van der Waals surface area contributed by atoms with Crippen molar-refractivity contribution in [3.05, 3.63) is 66.2 Å². The van der Waals surface area contributed by atoms with Gasteiger partial charge in [0.1, 0.15) is 11.4 Å². The molecule has 0 fully saturated rings. The van der Waals surface area contributed by atoms with Crippen LogP contribution in [-0.4, -0.2) is 31.7 Å². The molecule has 0 spiro atoms. The van der Waals surface area contributed by atoms with Crippen molar-refractivity contribution >= 4 is 16.7 Å². The number of benzene rings is 1. The lowest BCUT2D eigenvalue weighted by Gasteiger charge is -2.10. The molecule has 0 saturated heterocycles. The highest BCUT2D eigenvalue weighted by atomic mass is 16.5. The van der Waals surface area contributed by atoms with Gasteiger partial charge in [-0.15, -0.1) is 0 Å². The minimum absolute atomic E-state index is 0.798. The second-order valence-corrected chi connectivity index (χ2v) is 7.16. The molecule has 0 bridgehead atoms. The van der Waals surface area contributed by atoms with E-state index in [1.807, 2.05) is 36.8 Å². The predicted octanol–water partition coefficient (Wildman–Crippen LogP) is 3.55. The van der Waals surface area contributed by atoms with E-state index in [2.05, 4.69) is 32.5 Å². The first-order valence-corrected chi connectivity index (χ1v) is 9.49. The SMILES string of the molecule is COc1cc2c(cc1-c1cnn3ccc(-c4ccnc5[nH]ccc45)nc13)CNC2. The van der Waals surface area contributed by atoms with Crippen LogP contribution >= 0.6 is 0 Å². The second-order valence-electron chi connectivity index (χ2n) is 7.16. The maximum absolute atomic E-state index is 5.70. The fourth-order valence-electron chi connectivity index (χ4n) is 4.10. The number of fused-ring (bicyclic) bond motifs is 3. The average molecular weight is 382 g/mol. The number of ether oxygens (including phenoxy) is 1. The molecule has 29 heavy (non-hydrogen) atoms. The number of aromatic amines is 1. The van der Waals surface area contributed by atoms with Gasteiger partial charge in [-0.25, -0.2) is 14.5 Å². The van der Waals surface area contributed by atoms with Crippen LogP contribution in [0.5, 0.6) is 5.75 Å². The van der Waals surface area contributed by atoms with Crippen molar-refractivity contribution in [3.8, 4) is 28.1 Å². The third kappa shape index (κ3) is 2.44. The summed E-state index contributed by atoms with van der Waals surface area (Å²) in [6.07, 6.45) is 7.50. The molecule has 5 heterocycles. The van der Waals surface area contributed by atoms with Crippen LogP contribution in [0, 0.1) is 0 Å². The van der Waals surface area contributed by atoms with Crippen LogP contribution < -0.4 is 10.1 Å². The van der Waals surface area contributed by atoms with Gasteiger partial charge in [0.2, 0.25) is 0 Å². The zero-order valence-electron chi connectivity index (χ0n) is 15.8. The van der Waals surface area contributed by atoms with E-state index in [1.54, 1.807) is 17.8 Å². The van der Waals surface area contributed by atoms with E-state index in [0.717, 1.165) is 57.9 Å². The largest absolute Gasteiger partial charge is 0.496 e. The minimum Gasteiger partial charge on any atom is -0.496 e. The Hall–Kier alpha value is -3.71. The Morgan fingerprint density at radius 3 is 2.83 bits per heavy atom. The molecular weight excluding hydrogens is 364 g/mol. The molecule has 0 unspecified atom stereocenters. The number of methoxy groups -OCH3 is 1. The van der Waals surface area contributed by atoms with Crippen molar-refractivity contribution in [2.24, 2.45) is 0 Å². The molecule has 6 rings (SSSR count). The molecule has 0 atom stereocenters. The van der Waals surface area contributed by atoms with Crippen LogP contribution in [0.1, 0.15) is 11.1 Å². The molecule has 0 saturated carbocycles. The van der Waals surface area contributed by atoms with Crippen LogP contribution in [-0.2, 0) is 13.1 Å². The molecular formula is C22H18N6O. The van der Waals surface area contributed by atoms with E-state index in [1.165, 1.54) is 11.1 Å². The number of H-pyrrole nitrogens is 1. The van der Waals surface area contributed by atoms with Gasteiger partial charge >= 0.3 is 0 Å². The zero-order chi connectivity index (χ0) is 19.4. The second kappa shape index (κ2) is 6.15. The Morgan fingerprint density at radius 1 is 1.03 bits per heavy atom. The van der Waals surface area contributed by atoms with Gasteiger partial charge in [0, 0.05) is 48.2 Å². The van der Waals surface area contributed by atoms with Crippen LogP contribution in [0.4, 0.5) is 0 Å². The first-order chi connectivity index (χ1) is 14.3. The summed E-state index contributed by atoms with van der Waals surface area (Å²) in [4.78, 5) is 12.5. The van der Waals surface area contributed by atoms with Crippen molar-refractivity contribution in [2.45, 2.75) is 13.1 Å². The number of rotatable bonds is 3. The van der Waals surface area contributed by atoms with Gasteiger partial charge in [-0.3, -0.25) is 0 Å². The zero-order valence-corrected chi connectivity index (χ0v) is 15.8. The Morgan fingerprint density at radius 2 is 1.93 bits per heavy atom. The molecule has 7 heteroatoms. The summed E-state index contributed by atoms with van der Waals surface area (Å²) in [5, 5.41) is 8.96. The molecule has 0 aliphatic carbocycles. The number of pyridine rings is 1. The van der Waals surface area contributed by atoms with Gasteiger partial charge in [0.15, 0.2) is 5.65 Å². The van der Waals surface area contributed by atoms with E-state index >= 15 is 0 Å². The normalized spacial score (nSPS) is 13.3. The van der Waals surface area contributed by atoms with Crippen LogP contribution in [0.3, 0.4) is 0 Å².